The summed E-state index contributed by atoms with van der Waals surface area (Å²) in [7, 11) is 1.55. The van der Waals surface area contributed by atoms with E-state index in [9.17, 15) is 9.59 Å². The number of carbonyl (C=O) groups excluding carboxylic acids is 2. The number of benzene rings is 1. The van der Waals surface area contributed by atoms with Crippen LogP contribution in [-0.4, -0.2) is 37.7 Å². The van der Waals surface area contributed by atoms with Crippen LogP contribution < -0.4 is 25.4 Å². The zero-order valence-corrected chi connectivity index (χ0v) is 14.3. The summed E-state index contributed by atoms with van der Waals surface area (Å²) in [5.41, 5.74) is 0.495. The lowest BCUT2D eigenvalue weighted by molar-refractivity contribution is -0.122. The Bertz CT molecular complexity index is 589. The molecule has 1 aromatic rings. The summed E-state index contributed by atoms with van der Waals surface area (Å²) in [5.74, 6) is 1.01. The Labute approximate surface area is 142 Å². The number of hydrogen-bond acceptors (Lipinski definition) is 4. The Hall–Kier alpha value is -2.44. The molecule has 0 saturated carbocycles. The molecule has 7 nitrogen and oxygen atoms in total. The summed E-state index contributed by atoms with van der Waals surface area (Å²) in [5, 5.41) is 8.25. The van der Waals surface area contributed by atoms with Crippen LogP contribution in [-0.2, 0) is 4.79 Å². The molecule has 0 aliphatic carbocycles. The smallest absolute Gasteiger partial charge is 0.319 e. The van der Waals surface area contributed by atoms with Crippen molar-refractivity contribution >= 4 is 17.6 Å². The first-order chi connectivity index (χ1) is 11.5. The van der Waals surface area contributed by atoms with E-state index in [0.717, 1.165) is 12.8 Å². The Morgan fingerprint density at radius 2 is 2.12 bits per heavy atom. The Balaban J connectivity index is 2.07. The average Bonchev–Trinajstić information content (AvgIpc) is 2.73. The molecule has 132 valence electrons. The zero-order chi connectivity index (χ0) is 17.5. The second-order valence-corrected chi connectivity index (χ2v) is 5.97. The van der Waals surface area contributed by atoms with Crippen LogP contribution in [0.2, 0.25) is 0 Å². The number of hydrogen-bond donors (Lipinski definition) is 3. The van der Waals surface area contributed by atoms with Gasteiger partial charge in [0.15, 0.2) is 0 Å². The molecule has 2 rings (SSSR count). The quantitative estimate of drug-likeness (QED) is 0.770. The minimum Gasteiger partial charge on any atom is -0.497 e. The second-order valence-electron chi connectivity index (χ2n) is 5.97. The molecule has 1 aliphatic heterocycles. The lowest BCUT2D eigenvalue weighted by Crippen LogP contribution is -2.47. The van der Waals surface area contributed by atoms with Crippen LogP contribution in [0.3, 0.4) is 0 Å². The molecule has 1 saturated heterocycles. The molecule has 1 aliphatic rings. The highest BCUT2D eigenvalue weighted by Gasteiger charge is 2.22. The first kappa shape index (κ1) is 17.9. The van der Waals surface area contributed by atoms with Gasteiger partial charge >= 0.3 is 6.03 Å². The highest BCUT2D eigenvalue weighted by molar-refractivity contribution is 5.95. The van der Waals surface area contributed by atoms with Gasteiger partial charge in [-0.15, -0.1) is 0 Å². The molecular weight excluding hydrogens is 310 g/mol. The first-order valence-corrected chi connectivity index (χ1v) is 8.19. The van der Waals surface area contributed by atoms with E-state index in [1.807, 2.05) is 13.8 Å². The zero-order valence-electron chi connectivity index (χ0n) is 14.3. The maximum Gasteiger partial charge on any atom is 0.319 e. The standard InChI is InChI=1S/C17H25N3O4/c1-11(2)24-15-8-7-12(23-3)10-14(15)20-17(22)19-13-6-4-5-9-18-16(13)21/h7-8,10-11,13H,4-6,9H2,1-3H3,(H,18,21)(H2,19,20,22). The molecule has 0 bridgehead atoms. The lowest BCUT2D eigenvalue weighted by atomic mass is 10.1. The topological polar surface area (TPSA) is 88.7 Å². The normalized spacial score (nSPS) is 17.7. The first-order valence-electron chi connectivity index (χ1n) is 8.19. The van der Waals surface area contributed by atoms with Crippen molar-refractivity contribution < 1.29 is 19.1 Å². The van der Waals surface area contributed by atoms with Crippen molar-refractivity contribution in [3.63, 3.8) is 0 Å². The van der Waals surface area contributed by atoms with E-state index in [-0.39, 0.29) is 12.0 Å². The van der Waals surface area contributed by atoms with Crippen LogP contribution in [0.5, 0.6) is 11.5 Å². The molecule has 1 aromatic carbocycles. The van der Waals surface area contributed by atoms with E-state index in [4.69, 9.17) is 9.47 Å². The minimum absolute atomic E-state index is 0.0327. The molecule has 7 heteroatoms. The van der Waals surface area contributed by atoms with Gasteiger partial charge in [0, 0.05) is 12.6 Å². The van der Waals surface area contributed by atoms with Crippen molar-refractivity contribution in [1.82, 2.24) is 10.6 Å². The van der Waals surface area contributed by atoms with Gasteiger partial charge < -0.3 is 25.4 Å². The fourth-order valence-electron chi connectivity index (χ4n) is 2.48. The second kappa shape index (κ2) is 8.42. The summed E-state index contributed by atoms with van der Waals surface area (Å²) >= 11 is 0. The van der Waals surface area contributed by atoms with Gasteiger partial charge in [-0.2, -0.15) is 0 Å². The summed E-state index contributed by atoms with van der Waals surface area (Å²) in [6, 6.07) is 4.23. The molecule has 0 spiro atoms. The highest BCUT2D eigenvalue weighted by Crippen LogP contribution is 2.30. The maximum absolute atomic E-state index is 12.3. The third kappa shape index (κ3) is 5.04. The molecule has 24 heavy (non-hydrogen) atoms. The van der Waals surface area contributed by atoms with Crippen LogP contribution in [0.1, 0.15) is 33.1 Å². The predicted molar refractivity (Wildman–Crippen MR) is 91.6 cm³/mol. The average molecular weight is 335 g/mol. The molecule has 3 amide bonds. The van der Waals surface area contributed by atoms with Gasteiger partial charge in [-0.1, -0.05) is 0 Å². The maximum atomic E-state index is 12.3. The Morgan fingerprint density at radius 1 is 1.33 bits per heavy atom. The molecule has 1 unspecified atom stereocenters. The van der Waals surface area contributed by atoms with Gasteiger partial charge in [-0.3, -0.25) is 4.79 Å². The minimum atomic E-state index is -0.521. The number of ether oxygens (including phenoxy) is 2. The van der Waals surface area contributed by atoms with Crippen molar-refractivity contribution in [1.29, 1.82) is 0 Å². The molecule has 0 radical (unpaired) electrons. The van der Waals surface area contributed by atoms with E-state index in [1.165, 1.54) is 0 Å². The fraction of sp³-hybridized carbons (Fsp3) is 0.529. The van der Waals surface area contributed by atoms with Crippen LogP contribution in [0, 0.1) is 0 Å². The van der Waals surface area contributed by atoms with E-state index in [1.54, 1.807) is 25.3 Å². The molecular formula is C17H25N3O4. The van der Waals surface area contributed by atoms with Gasteiger partial charge in [0.05, 0.1) is 18.9 Å². The molecule has 3 N–H and O–H groups in total. The predicted octanol–water partition coefficient (Wildman–Crippen LogP) is 2.27. The third-order valence-electron chi connectivity index (χ3n) is 3.64. The van der Waals surface area contributed by atoms with Crippen LogP contribution in [0.4, 0.5) is 10.5 Å². The van der Waals surface area contributed by atoms with Gasteiger partial charge in [0.1, 0.15) is 17.5 Å². The van der Waals surface area contributed by atoms with Crippen molar-refractivity contribution in [2.24, 2.45) is 0 Å². The van der Waals surface area contributed by atoms with Crippen molar-refractivity contribution in [3.8, 4) is 11.5 Å². The van der Waals surface area contributed by atoms with E-state index in [0.29, 0.717) is 30.2 Å². The van der Waals surface area contributed by atoms with Crippen molar-refractivity contribution in [3.05, 3.63) is 18.2 Å². The molecule has 0 aromatic heterocycles. The van der Waals surface area contributed by atoms with Crippen LogP contribution >= 0.6 is 0 Å². The fourth-order valence-corrected chi connectivity index (χ4v) is 2.48. The Kier molecular flexibility index (Phi) is 6.28. The number of rotatable bonds is 5. The number of urea groups is 1. The number of amides is 3. The van der Waals surface area contributed by atoms with Gasteiger partial charge in [0.25, 0.3) is 0 Å². The Morgan fingerprint density at radius 3 is 2.83 bits per heavy atom. The van der Waals surface area contributed by atoms with Crippen LogP contribution in [0.25, 0.3) is 0 Å². The van der Waals surface area contributed by atoms with Crippen molar-refractivity contribution in [2.45, 2.75) is 45.3 Å². The third-order valence-corrected chi connectivity index (χ3v) is 3.64. The monoisotopic (exact) mass is 335 g/mol. The number of nitrogens with one attached hydrogen (secondary N) is 3. The van der Waals surface area contributed by atoms with Gasteiger partial charge in [-0.05, 0) is 45.2 Å². The largest absolute Gasteiger partial charge is 0.497 e. The van der Waals surface area contributed by atoms with E-state index >= 15 is 0 Å². The highest BCUT2D eigenvalue weighted by atomic mass is 16.5. The number of carbonyl (C=O) groups is 2. The van der Waals surface area contributed by atoms with E-state index < -0.39 is 12.1 Å². The molecule has 1 fully saturated rings. The molecule has 1 heterocycles. The van der Waals surface area contributed by atoms with Crippen LogP contribution in [0.15, 0.2) is 18.2 Å². The van der Waals surface area contributed by atoms with Gasteiger partial charge in [0.2, 0.25) is 5.91 Å². The van der Waals surface area contributed by atoms with E-state index in [2.05, 4.69) is 16.0 Å². The SMILES string of the molecule is COc1ccc(OC(C)C)c(NC(=O)NC2CCCCNC2=O)c1. The number of methoxy groups -OCH3 is 1. The van der Waals surface area contributed by atoms with Gasteiger partial charge in [-0.25, -0.2) is 4.79 Å². The number of anilines is 1. The summed E-state index contributed by atoms with van der Waals surface area (Å²) in [6.45, 7) is 4.47. The summed E-state index contributed by atoms with van der Waals surface area (Å²) < 4.78 is 10.9. The summed E-state index contributed by atoms with van der Waals surface area (Å²) in [6.07, 6.45) is 2.42. The summed E-state index contributed by atoms with van der Waals surface area (Å²) in [4.78, 5) is 24.2. The lowest BCUT2D eigenvalue weighted by Gasteiger charge is -2.18. The van der Waals surface area contributed by atoms with Crippen molar-refractivity contribution in [2.75, 3.05) is 19.0 Å². The molecule has 1 atom stereocenters.